The number of ether oxygens (including phenoxy) is 2. The molecule has 6 heteroatoms. The summed E-state index contributed by atoms with van der Waals surface area (Å²) in [6.45, 7) is 11.4. The van der Waals surface area contributed by atoms with E-state index >= 15 is 0 Å². The van der Waals surface area contributed by atoms with E-state index in [1.807, 2.05) is 0 Å². The SMILES string of the molecule is CC(C)(C)c1ccc(N2CCN[C@@H](OC(=O)N3CCOCC3)C2)cc1. The van der Waals surface area contributed by atoms with Gasteiger partial charge in [0.15, 0.2) is 6.23 Å². The van der Waals surface area contributed by atoms with Crippen molar-refractivity contribution in [3.05, 3.63) is 29.8 Å². The molecule has 2 fully saturated rings. The minimum Gasteiger partial charge on any atom is -0.428 e. The van der Waals surface area contributed by atoms with Gasteiger partial charge in [0.25, 0.3) is 0 Å². The fourth-order valence-electron chi connectivity index (χ4n) is 3.14. The Hall–Kier alpha value is -1.79. The molecule has 0 aromatic heterocycles. The van der Waals surface area contributed by atoms with Crippen molar-refractivity contribution < 1.29 is 14.3 Å². The highest BCUT2D eigenvalue weighted by molar-refractivity contribution is 5.68. The molecule has 3 rings (SSSR count). The number of carbonyl (C=O) groups excluding carboxylic acids is 1. The summed E-state index contributed by atoms with van der Waals surface area (Å²) >= 11 is 0. The highest BCUT2D eigenvalue weighted by atomic mass is 16.6. The number of rotatable bonds is 2. The number of piperazine rings is 1. The highest BCUT2D eigenvalue weighted by Gasteiger charge is 2.26. The maximum Gasteiger partial charge on any atom is 0.411 e. The fourth-order valence-corrected chi connectivity index (χ4v) is 3.14. The Kier molecular flexibility index (Phi) is 5.49. The molecular formula is C19H29N3O3. The molecule has 25 heavy (non-hydrogen) atoms. The van der Waals surface area contributed by atoms with Crippen molar-refractivity contribution in [2.24, 2.45) is 0 Å². The number of nitrogens with one attached hydrogen (secondary N) is 1. The highest BCUT2D eigenvalue weighted by Crippen LogP contribution is 2.25. The van der Waals surface area contributed by atoms with E-state index in [2.05, 4.69) is 55.3 Å². The van der Waals surface area contributed by atoms with E-state index in [1.54, 1.807) is 4.90 Å². The zero-order valence-electron chi connectivity index (χ0n) is 15.5. The normalized spacial score (nSPS) is 22.0. The van der Waals surface area contributed by atoms with E-state index < -0.39 is 0 Å². The van der Waals surface area contributed by atoms with E-state index in [9.17, 15) is 4.79 Å². The first-order valence-corrected chi connectivity index (χ1v) is 9.06. The van der Waals surface area contributed by atoms with Gasteiger partial charge in [-0.25, -0.2) is 4.79 Å². The molecule has 138 valence electrons. The Morgan fingerprint density at radius 1 is 1.16 bits per heavy atom. The van der Waals surface area contributed by atoms with Crippen LogP contribution in [0.5, 0.6) is 0 Å². The second-order valence-electron chi connectivity index (χ2n) is 7.67. The maximum absolute atomic E-state index is 12.3. The van der Waals surface area contributed by atoms with Crippen molar-refractivity contribution in [3.63, 3.8) is 0 Å². The van der Waals surface area contributed by atoms with Crippen molar-refractivity contribution >= 4 is 11.8 Å². The average molecular weight is 347 g/mol. The van der Waals surface area contributed by atoms with E-state index in [1.165, 1.54) is 11.3 Å². The van der Waals surface area contributed by atoms with Gasteiger partial charge in [-0.3, -0.25) is 5.32 Å². The second kappa shape index (κ2) is 7.62. The topological polar surface area (TPSA) is 54.0 Å². The average Bonchev–Trinajstić information content (AvgIpc) is 2.62. The lowest BCUT2D eigenvalue weighted by molar-refractivity contribution is 0.00534. The predicted molar refractivity (Wildman–Crippen MR) is 98.0 cm³/mol. The molecule has 0 aliphatic carbocycles. The third-order valence-electron chi connectivity index (χ3n) is 4.75. The van der Waals surface area contributed by atoms with Gasteiger partial charge in [-0.15, -0.1) is 0 Å². The van der Waals surface area contributed by atoms with Crippen molar-refractivity contribution in [3.8, 4) is 0 Å². The Morgan fingerprint density at radius 2 is 1.84 bits per heavy atom. The first-order valence-electron chi connectivity index (χ1n) is 9.06. The van der Waals surface area contributed by atoms with Crippen LogP contribution in [0, 0.1) is 0 Å². The number of hydrogen-bond acceptors (Lipinski definition) is 5. The van der Waals surface area contributed by atoms with Crippen LogP contribution in [0.1, 0.15) is 26.3 Å². The van der Waals surface area contributed by atoms with Crippen LogP contribution >= 0.6 is 0 Å². The summed E-state index contributed by atoms with van der Waals surface area (Å²) < 4.78 is 10.9. The van der Waals surface area contributed by atoms with Crippen LogP contribution in [0.2, 0.25) is 0 Å². The summed E-state index contributed by atoms with van der Waals surface area (Å²) in [5.74, 6) is 0. The molecule has 1 aromatic rings. The van der Waals surface area contributed by atoms with Crippen LogP contribution in [-0.4, -0.2) is 63.2 Å². The van der Waals surface area contributed by atoms with Crippen molar-refractivity contribution in [1.82, 2.24) is 10.2 Å². The van der Waals surface area contributed by atoms with Crippen molar-refractivity contribution in [2.75, 3.05) is 50.8 Å². The zero-order chi connectivity index (χ0) is 17.9. The third kappa shape index (κ3) is 4.64. The molecule has 2 aliphatic rings. The second-order valence-corrected chi connectivity index (χ2v) is 7.67. The molecule has 2 heterocycles. The molecule has 2 aliphatic heterocycles. The van der Waals surface area contributed by atoms with Gasteiger partial charge < -0.3 is 19.3 Å². The lowest BCUT2D eigenvalue weighted by atomic mass is 9.87. The van der Waals surface area contributed by atoms with Gasteiger partial charge in [0.2, 0.25) is 0 Å². The summed E-state index contributed by atoms with van der Waals surface area (Å²) in [5.41, 5.74) is 2.64. The van der Waals surface area contributed by atoms with E-state index in [0.717, 1.165) is 13.1 Å². The standard InChI is InChI=1S/C19H29N3O3/c1-19(2,3)15-4-6-16(7-5-15)22-9-8-20-17(14-22)25-18(23)21-10-12-24-13-11-21/h4-7,17,20H,8-14H2,1-3H3/t17-/m0/s1. The van der Waals surface area contributed by atoms with Crippen LogP contribution in [0.15, 0.2) is 24.3 Å². The number of carbonyl (C=O) groups is 1. The van der Waals surface area contributed by atoms with Crippen LogP contribution in [0.4, 0.5) is 10.5 Å². The minimum absolute atomic E-state index is 0.151. The molecule has 6 nitrogen and oxygen atoms in total. The zero-order valence-corrected chi connectivity index (χ0v) is 15.5. The molecule has 0 bridgehead atoms. The summed E-state index contributed by atoms with van der Waals surface area (Å²) in [4.78, 5) is 16.2. The largest absolute Gasteiger partial charge is 0.428 e. The van der Waals surface area contributed by atoms with Gasteiger partial charge in [-0.2, -0.15) is 0 Å². The molecular weight excluding hydrogens is 318 g/mol. The Bertz CT molecular complexity index is 577. The summed E-state index contributed by atoms with van der Waals surface area (Å²) in [5, 5.41) is 3.28. The first-order chi connectivity index (χ1) is 11.9. The lowest BCUT2D eigenvalue weighted by Crippen LogP contribution is -2.54. The van der Waals surface area contributed by atoms with Crippen LogP contribution in [0.3, 0.4) is 0 Å². The summed E-state index contributed by atoms with van der Waals surface area (Å²) in [6, 6.07) is 8.69. The van der Waals surface area contributed by atoms with Gasteiger partial charge in [0.05, 0.1) is 19.8 Å². The number of amides is 1. The number of hydrogen-bond donors (Lipinski definition) is 1. The number of morpholine rings is 1. The summed E-state index contributed by atoms with van der Waals surface area (Å²) in [6.07, 6.45) is -0.544. The first kappa shape index (κ1) is 18.0. The van der Waals surface area contributed by atoms with Crippen LogP contribution in [-0.2, 0) is 14.9 Å². The number of anilines is 1. The number of nitrogens with zero attached hydrogens (tertiary/aromatic N) is 2. The van der Waals surface area contributed by atoms with E-state index in [0.29, 0.717) is 32.8 Å². The van der Waals surface area contributed by atoms with Crippen molar-refractivity contribution in [2.45, 2.75) is 32.4 Å². The quantitative estimate of drug-likeness (QED) is 0.889. The predicted octanol–water partition coefficient (Wildman–Crippen LogP) is 2.19. The molecule has 0 unspecified atom stereocenters. The van der Waals surface area contributed by atoms with Crippen molar-refractivity contribution in [1.29, 1.82) is 0 Å². The molecule has 2 saturated heterocycles. The molecule has 0 spiro atoms. The lowest BCUT2D eigenvalue weighted by Gasteiger charge is -2.36. The van der Waals surface area contributed by atoms with Gasteiger partial charge in [0, 0.05) is 31.9 Å². The van der Waals surface area contributed by atoms with E-state index in [4.69, 9.17) is 9.47 Å². The third-order valence-corrected chi connectivity index (χ3v) is 4.75. The summed E-state index contributed by atoms with van der Waals surface area (Å²) in [7, 11) is 0. The van der Waals surface area contributed by atoms with Gasteiger partial charge in [0.1, 0.15) is 0 Å². The minimum atomic E-state index is -0.286. The molecule has 0 radical (unpaired) electrons. The van der Waals surface area contributed by atoms with Gasteiger partial charge in [-0.1, -0.05) is 32.9 Å². The molecule has 1 aromatic carbocycles. The van der Waals surface area contributed by atoms with Gasteiger partial charge >= 0.3 is 6.09 Å². The monoisotopic (exact) mass is 347 g/mol. The Morgan fingerprint density at radius 3 is 2.48 bits per heavy atom. The van der Waals surface area contributed by atoms with Gasteiger partial charge in [-0.05, 0) is 23.1 Å². The molecule has 1 amide bonds. The van der Waals surface area contributed by atoms with Crippen LogP contribution < -0.4 is 10.2 Å². The Balaban J connectivity index is 1.58. The molecule has 0 saturated carbocycles. The molecule has 1 N–H and O–H groups in total. The Labute approximate surface area is 150 Å². The number of benzene rings is 1. The molecule has 1 atom stereocenters. The fraction of sp³-hybridized carbons (Fsp3) is 0.632. The smallest absolute Gasteiger partial charge is 0.411 e. The van der Waals surface area contributed by atoms with E-state index in [-0.39, 0.29) is 17.7 Å². The maximum atomic E-state index is 12.3. The van der Waals surface area contributed by atoms with Crippen LogP contribution in [0.25, 0.3) is 0 Å².